The van der Waals surface area contributed by atoms with Gasteiger partial charge in [-0.2, -0.15) is 0 Å². The van der Waals surface area contributed by atoms with Crippen molar-refractivity contribution in [3.8, 4) is 0 Å². The van der Waals surface area contributed by atoms with Gasteiger partial charge < -0.3 is 29.7 Å². The number of carboxylic acid groups (broad SMARTS) is 3. The molecule has 0 aliphatic carbocycles. The molecule has 0 N–H and O–H groups in total. The Morgan fingerprint density at radius 3 is 0.651 bits per heavy atom. The van der Waals surface area contributed by atoms with Crippen LogP contribution in [-0.2, 0) is 14.4 Å². The van der Waals surface area contributed by atoms with Crippen molar-refractivity contribution in [2.45, 2.75) is 179 Å². The third kappa shape index (κ3) is 13.5. The van der Waals surface area contributed by atoms with Crippen LogP contribution >= 0.6 is 0 Å². The van der Waals surface area contributed by atoms with E-state index in [-0.39, 0.29) is 35.1 Å². The summed E-state index contributed by atoms with van der Waals surface area (Å²) in [5, 5.41) is 33.7. The zero-order valence-corrected chi connectivity index (χ0v) is 31.5. The van der Waals surface area contributed by atoms with E-state index >= 15 is 0 Å². The number of hydrogen-bond acceptors (Lipinski definition) is 6. The predicted molar refractivity (Wildman–Crippen MR) is 176 cm³/mol. The number of carbonyl (C=O) groups is 3. The van der Waals surface area contributed by atoms with Crippen LogP contribution in [0.4, 0.5) is 0 Å². The molecule has 0 spiro atoms. The van der Waals surface area contributed by atoms with Crippen LogP contribution in [0, 0.1) is 34.0 Å². The van der Waals surface area contributed by atoms with Gasteiger partial charge in [0.1, 0.15) is 0 Å². The predicted octanol–water partition coefficient (Wildman–Crippen LogP) is 6.73. The summed E-state index contributed by atoms with van der Waals surface area (Å²) in [5.74, 6) is -1.76. The van der Waals surface area contributed by atoms with Gasteiger partial charge in [0.25, 0.3) is 0 Å². The maximum Gasteiger partial charge on any atom is 3.00 e. The second-order valence-corrected chi connectivity index (χ2v) is 12.1. The molecule has 0 aromatic heterocycles. The van der Waals surface area contributed by atoms with Crippen molar-refractivity contribution in [1.82, 2.24) is 0 Å². The second kappa shape index (κ2) is 26.2. The van der Waals surface area contributed by atoms with E-state index in [1.54, 1.807) is 0 Å². The third-order valence-electron chi connectivity index (χ3n) is 10.7. The molecule has 0 aromatic rings. The summed E-state index contributed by atoms with van der Waals surface area (Å²) in [7, 11) is 0. The maximum absolute atomic E-state index is 11.2. The molecule has 3 atom stereocenters. The second-order valence-electron chi connectivity index (χ2n) is 12.1. The molecule has 3 unspecified atom stereocenters. The van der Waals surface area contributed by atoms with E-state index in [1.165, 1.54) is 0 Å². The Hall–Kier alpha value is -1.06. The van der Waals surface area contributed by atoms with Crippen LogP contribution in [0.3, 0.4) is 0 Å². The standard InChI is InChI=1S/3C12H24O2.Al/c3*1-5-9-10(6-2)12(7-3,8-4)11(13)14;/h3*10H,5-9H2,1-4H3,(H,13,14);/q;;;+3/p-3. The normalized spacial score (nSPS) is 13.7. The van der Waals surface area contributed by atoms with Crippen LogP contribution in [0.1, 0.15) is 179 Å². The summed E-state index contributed by atoms with van der Waals surface area (Å²) in [6.45, 7) is 24.3. The molecule has 0 rings (SSSR count). The Bertz CT molecular complexity index is 615. The molecule has 7 heteroatoms. The van der Waals surface area contributed by atoms with E-state index in [4.69, 9.17) is 0 Å². The fourth-order valence-electron chi connectivity index (χ4n) is 7.51. The average molecular weight is 625 g/mol. The van der Waals surface area contributed by atoms with Crippen molar-refractivity contribution < 1.29 is 29.7 Å². The zero-order valence-electron chi connectivity index (χ0n) is 30.4. The maximum atomic E-state index is 11.2. The van der Waals surface area contributed by atoms with E-state index in [1.807, 2.05) is 41.5 Å². The van der Waals surface area contributed by atoms with Crippen molar-refractivity contribution in [2.75, 3.05) is 0 Å². The molecule has 0 aromatic carbocycles. The minimum atomic E-state index is -0.859. The third-order valence-corrected chi connectivity index (χ3v) is 10.7. The van der Waals surface area contributed by atoms with Gasteiger partial charge >= 0.3 is 17.4 Å². The molecule has 0 saturated heterocycles. The molecule has 0 aliphatic rings. The molecule has 43 heavy (non-hydrogen) atoms. The molecule has 0 heterocycles. The topological polar surface area (TPSA) is 120 Å². The number of carbonyl (C=O) groups excluding carboxylic acids is 3. The zero-order chi connectivity index (χ0) is 33.6. The monoisotopic (exact) mass is 624 g/mol. The Balaban J connectivity index is -0.000000262. The minimum absolute atomic E-state index is 0. The minimum Gasteiger partial charge on any atom is -0.550 e. The Morgan fingerprint density at radius 2 is 0.581 bits per heavy atom. The van der Waals surface area contributed by atoms with Gasteiger partial charge in [0.2, 0.25) is 0 Å². The molecule has 6 nitrogen and oxygen atoms in total. The first kappa shape index (κ1) is 48.8. The summed E-state index contributed by atoms with van der Waals surface area (Å²) in [5.41, 5.74) is -1.78. The van der Waals surface area contributed by atoms with Gasteiger partial charge in [0.05, 0.1) is 0 Å². The van der Waals surface area contributed by atoms with Crippen LogP contribution in [-0.4, -0.2) is 35.3 Å². The molecular weight excluding hydrogens is 555 g/mol. The van der Waals surface area contributed by atoms with Gasteiger partial charge in [-0.3, -0.25) is 0 Å². The SMILES string of the molecule is CCCC(CC)C(CC)(CC)C(=O)[O-].CCCC(CC)C(CC)(CC)C(=O)[O-].CCCC(CC)C(CC)(CC)C(=O)[O-].[Al+3]. The Kier molecular flexibility index (Phi) is 29.7. The van der Waals surface area contributed by atoms with Crippen LogP contribution in [0.15, 0.2) is 0 Å². The van der Waals surface area contributed by atoms with Gasteiger partial charge in [0.15, 0.2) is 0 Å². The molecule has 0 amide bonds. The summed E-state index contributed by atoms with van der Waals surface area (Å²) in [4.78, 5) is 33.7. The van der Waals surface area contributed by atoms with Gasteiger partial charge in [-0.25, -0.2) is 0 Å². The molecule has 0 aliphatic heterocycles. The first-order valence-electron chi connectivity index (χ1n) is 17.4. The fraction of sp³-hybridized carbons (Fsp3) is 0.917. The van der Waals surface area contributed by atoms with E-state index in [2.05, 4.69) is 41.5 Å². The van der Waals surface area contributed by atoms with Gasteiger partial charge in [-0.15, -0.1) is 0 Å². The smallest absolute Gasteiger partial charge is 0.550 e. The first-order valence-corrected chi connectivity index (χ1v) is 17.4. The molecule has 252 valence electrons. The number of rotatable bonds is 21. The van der Waals surface area contributed by atoms with E-state index in [0.29, 0.717) is 38.5 Å². The largest absolute Gasteiger partial charge is 3.00 e. The van der Waals surface area contributed by atoms with E-state index in [9.17, 15) is 29.7 Å². The van der Waals surface area contributed by atoms with E-state index < -0.39 is 34.2 Å². The van der Waals surface area contributed by atoms with Crippen molar-refractivity contribution in [2.24, 2.45) is 34.0 Å². The van der Waals surface area contributed by atoms with Crippen molar-refractivity contribution >= 4 is 35.3 Å². The van der Waals surface area contributed by atoms with Crippen molar-refractivity contribution in [1.29, 1.82) is 0 Å². The van der Waals surface area contributed by atoms with Crippen LogP contribution in [0.25, 0.3) is 0 Å². The average Bonchev–Trinajstić information content (AvgIpc) is 2.98. The van der Waals surface area contributed by atoms with Gasteiger partial charge in [0, 0.05) is 34.2 Å². The Morgan fingerprint density at radius 1 is 0.419 bits per heavy atom. The van der Waals surface area contributed by atoms with E-state index in [0.717, 1.165) is 57.8 Å². The quantitative estimate of drug-likeness (QED) is 0.131. The molecule has 0 fully saturated rings. The Labute approximate surface area is 277 Å². The van der Waals surface area contributed by atoms with Crippen molar-refractivity contribution in [3.05, 3.63) is 0 Å². The summed E-state index contributed by atoms with van der Waals surface area (Å²) in [6.07, 6.45) is 13.0. The number of hydrogen-bond donors (Lipinski definition) is 0. The fourth-order valence-corrected chi connectivity index (χ4v) is 7.51. The number of aliphatic carboxylic acids is 3. The van der Waals surface area contributed by atoms with Crippen LogP contribution in [0.2, 0.25) is 0 Å². The van der Waals surface area contributed by atoms with Crippen molar-refractivity contribution in [3.63, 3.8) is 0 Å². The first-order chi connectivity index (χ1) is 19.8. The summed E-state index contributed by atoms with van der Waals surface area (Å²) in [6, 6.07) is 0. The van der Waals surface area contributed by atoms with Gasteiger partial charge in [-0.05, 0) is 75.5 Å². The van der Waals surface area contributed by atoms with Crippen LogP contribution in [0.5, 0.6) is 0 Å². The molecular formula is C36H69AlO6. The molecule has 0 saturated carbocycles. The number of carboxylic acids is 3. The summed E-state index contributed by atoms with van der Waals surface area (Å²) < 4.78 is 0. The van der Waals surface area contributed by atoms with Gasteiger partial charge in [-0.1, -0.05) is 122 Å². The molecule has 0 bridgehead atoms. The van der Waals surface area contributed by atoms with Crippen LogP contribution < -0.4 is 15.3 Å². The molecule has 0 radical (unpaired) electrons. The summed E-state index contributed by atoms with van der Waals surface area (Å²) >= 11 is 0.